The normalized spacial score (nSPS) is 11.4. The van der Waals surface area contributed by atoms with E-state index in [-0.39, 0.29) is 33.7 Å². The van der Waals surface area contributed by atoms with E-state index in [1.807, 2.05) is 6.07 Å². The third-order valence-electron chi connectivity index (χ3n) is 3.09. The minimum absolute atomic E-state index is 0.0512. The first-order valence-corrected chi connectivity index (χ1v) is 11.0. The zero-order valence-electron chi connectivity index (χ0n) is 12.8. The Kier molecular flexibility index (Phi) is 6.56. The number of benzene rings is 1. The summed E-state index contributed by atoms with van der Waals surface area (Å²) in [6, 6.07) is 7.57. The molecule has 5 nitrogen and oxygen atoms in total. The number of hydrogen-bond acceptors (Lipinski definition) is 6. The summed E-state index contributed by atoms with van der Waals surface area (Å²) in [6.45, 7) is 1.54. The Labute approximate surface area is 154 Å². The zero-order chi connectivity index (χ0) is 17.7. The van der Waals surface area contributed by atoms with E-state index in [4.69, 9.17) is 11.6 Å². The summed E-state index contributed by atoms with van der Waals surface area (Å²) in [4.78, 5) is 13.1. The Balaban J connectivity index is 1.97. The number of anilines is 1. The van der Waals surface area contributed by atoms with Crippen LogP contribution in [0.15, 0.2) is 35.2 Å². The molecule has 0 spiro atoms. The van der Waals surface area contributed by atoms with Gasteiger partial charge in [0.2, 0.25) is 5.91 Å². The number of aromatic hydroxyl groups is 1. The average Bonchev–Trinajstić information content (AvgIpc) is 2.94. The van der Waals surface area contributed by atoms with Crippen LogP contribution in [0.2, 0.25) is 4.34 Å². The van der Waals surface area contributed by atoms with Gasteiger partial charge in [0.25, 0.3) is 0 Å². The molecule has 0 saturated carbocycles. The number of nitrogens with one attached hydrogen (secondary N) is 1. The number of phenolic OH excluding ortho intramolecular Hbond substituents is 1. The van der Waals surface area contributed by atoms with Gasteiger partial charge in [0, 0.05) is 10.6 Å². The van der Waals surface area contributed by atoms with Crippen LogP contribution in [0.1, 0.15) is 11.8 Å². The number of hydrogen-bond donors (Lipinski definition) is 2. The maximum atomic E-state index is 12.0. The van der Waals surface area contributed by atoms with Crippen molar-refractivity contribution >= 4 is 56.1 Å². The molecule has 0 saturated heterocycles. The van der Waals surface area contributed by atoms with Crippen LogP contribution < -0.4 is 5.32 Å². The van der Waals surface area contributed by atoms with Crippen LogP contribution in [-0.2, 0) is 20.4 Å². The molecule has 2 aromatic rings. The number of rotatable bonds is 7. The highest BCUT2D eigenvalue weighted by Crippen LogP contribution is 2.28. The molecule has 0 aliphatic rings. The summed E-state index contributed by atoms with van der Waals surface area (Å²) in [5.41, 5.74) is 0.0919. The molecular formula is C15H16ClNO4S3. The number of amides is 1. The summed E-state index contributed by atoms with van der Waals surface area (Å²) >= 11 is 8.71. The van der Waals surface area contributed by atoms with Gasteiger partial charge in [-0.2, -0.15) is 0 Å². The molecule has 2 N–H and O–H groups in total. The molecule has 9 heteroatoms. The predicted molar refractivity (Wildman–Crippen MR) is 100.0 cm³/mol. The van der Waals surface area contributed by atoms with Gasteiger partial charge in [-0.25, -0.2) is 8.42 Å². The quantitative estimate of drug-likeness (QED) is 0.685. The Hall–Kier alpha value is -1.22. The molecule has 1 aromatic carbocycles. The average molecular weight is 406 g/mol. The number of phenols is 1. The lowest BCUT2D eigenvalue weighted by Gasteiger charge is -2.09. The highest BCUT2D eigenvalue weighted by atomic mass is 35.5. The van der Waals surface area contributed by atoms with Gasteiger partial charge in [0.1, 0.15) is 5.75 Å². The first-order chi connectivity index (χ1) is 11.3. The molecule has 1 aromatic heterocycles. The lowest BCUT2D eigenvalue weighted by molar-refractivity contribution is -0.113. The van der Waals surface area contributed by atoms with Crippen molar-refractivity contribution in [2.45, 2.75) is 17.6 Å². The van der Waals surface area contributed by atoms with E-state index in [1.165, 1.54) is 48.2 Å². The second-order valence-corrected chi connectivity index (χ2v) is 9.89. The van der Waals surface area contributed by atoms with E-state index in [0.29, 0.717) is 10.1 Å². The van der Waals surface area contributed by atoms with E-state index in [2.05, 4.69) is 5.32 Å². The zero-order valence-corrected chi connectivity index (χ0v) is 16.0. The highest BCUT2D eigenvalue weighted by Gasteiger charge is 2.15. The molecule has 1 amide bonds. The fourth-order valence-electron chi connectivity index (χ4n) is 1.84. The van der Waals surface area contributed by atoms with Crippen molar-refractivity contribution in [1.29, 1.82) is 0 Å². The lowest BCUT2D eigenvalue weighted by Crippen LogP contribution is -2.15. The maximum absolute atomic E-state index is 12.0. The van der Waals surface area contributed by atoms with Crippen LogP contribution in [0.4, 0.5) is 5.69 Å². The second-order valence-electron chi connectivity index (χ2n) is 4.83. The maximum Gasteiger partial charge on any atom is 0.234 e. The third kappa shape index (κ3) is 5.14. The standard InChI is InChI=1S/C15H16ClNO4S3/c1-2-24(20,21)11-4-5-13(18)12(7-11)17-15(19)9-22-8-10-3-6-14(16)23-10/h3-7,18H,2,8-9H2,1H3,(H,17,19). The van der Waals surface area contributed by atoms with Crippen LogP contribution in [-0.4, -0.2) is 30.9 Å². The van der Waals surface area contributed by atoms with Gasteiger partial charge >= 0.3 is 0 Å². The van der Waals surface area contributed by atoms with Crippen LogP contribution in [0.3, 0.4) is 0 Å². The molecule has 1 heterocycles. The minimum Gasteiger partial charge on any atom is -0.506 e. The van der Waals surface area contributed by atoms with Gasteiger partial charge in [0.05, 0.1) is 26.4 Å². The summed E-state index contributed by atoms with van der Waals surface area (Å²) in [7, 11) is -3.40. The molecule has 0 aliphatic heterocycles. The Morgan fingerprint density at radius 2 is 2.08 bits per heavy atom. The number of carbonyl (C=O) groups excluding carboxylic acids is 1. The molecule has 130 valence electrons. The molecule has 0 bridgehead atoms. The fraction of sp³-hybridized carbons (Fsp3) is 0.267. The molecule has 0 unspecified atom stereocenters. The summed E-state index contributed by atoms with van der Waals surface area (Å²) in [6.07, 6.45) is 0. The molecule has 0 fully saturated rings. The molecule has 2 rings (SSSR count). The summed E-state index contributed by atoms with van der Waals surface area (Å²) in [5, 5.41) is 12.3. The molecular weight excluding hydrogens is 390 g/mol. The monoisotopic (exact) mass is 405 g/mol. The van der Waals surface area contributed by atoms with E-state index in [9.17, 15) is 18.3 Å². The minimum atomic E-state index is -3.40. The van der Waals surface area contributed by atoms with Crippen molar-refractivity contribution in [2.75, 3.05) is 16.8 Å². The van der Waals surface area contributed by atoms with Crippen molar-refractivity contribution in [3.8, 4) is 5.75 Å². The van der Waals surface area contributed by atoms with Crippen LogP contribution in [0.5, 0.6) is 5.75 Å². The number of halogens is 1. The largest absolute Gasteiger partial charge is 0.506 e. The molecule has 0 aliphatic carbocycles. The predicted octanol–water partition coefficient (Wildman–Crippen LogP) is 3.77. The van der Waals surface area contributed by atoms with Crippen molar-refractivity contribution in [1.82, 2.24) is 0 Å². The first kappa shape index (κ1) is 19.1. The van der Waals surface area contributed by atoms with E-state index in [0.717, 1.165) is 4.88 Å². The van der Waals surface area contributed by atoms with Crippen LogP contribution >= 0.6 is 34.7 Å². The van der Waals surface area contributed by atoms with Crippen molar-refractivity contribution < 1.29 is 18.3 Å². The number of carbonyl (C=O) groups is 1. The topological polar surface area (TPSA) is 83.5 Å². The van der Waals surface area contributed by atoms with E-state index >= 15 is 0 Å². The Bertz CT molecular complexity index is 833. The summed E-state index contributed by atoms with van der Waals surface area (Å²) in [5.74, 6) is 0.294. The van der Waals surface area contributed by atoms with E-state index in [1.54, 1.807) is 6.07 Å². The van der Waals surface area contributed by atoms with Gasteiger partial charge in [-0.1, -0.05) is 18.5 Å². The number of thiophene rings is 1. The molecule has 0 atom stereocenters. The lowest BCUT2D eigenvalue weighted by atomic mass is 10.3. The van der Waals surface area contributed by atoms with Crippen molar-refractivity contribution in [3.05, 3.63) is 39.5 Å². The van der Waals surface area contributed by atoms with Crippen molar-refractivity contribution in [2.24, 2.45) is 0 Å². The van der Waals surface area contributed by atoms with Gasteiger partial charge < -0.3 is 10.4 Å². The molecule has 24 heavy (non-hydrogen) atoms. The number of sulfone groups is 1. The molecule has 0 radical (unpaired) electrons. The third-order valence-corrected chi connectivity index (χ3v) is 7.22. The van der Waals surface area contributed by atoms with Gasteiger partial charge in [-0.05, 0) is 30.3 Å². The van der Waals surface area contributed by atoms with Crippen LogP contribution in [0.25, 0.3) is 0 Å². The Morgan fingerprint density at radius 3 is 2.71 bits per heavy atom. The first-order valence-electron chi connectivity index (χ1n) is 6.99. The smallest absolute Gasteiger partial charge is 0.234 e. The second kappa shape index (κ2) is 8.24. The highest BCUT2D eigenvalue weighted by molar-refractivity contribution is 7.99. The van der Waals surface area contributed by atoms with Gasteiger partial charge in [-0.15, -0.1) is 23.1 Å². The summed E-state index contributed by atoms with van der Waals surface area (Å²) < 4.78 is 24.4. The van der Waals surface area contributed by atoms with Gasteiger partial charge in [0.15, 0.2) is 9.84 Å². The number of thioether (sulfide) groups is 1. The van der Waals surface area contributed by atoms with Crippen LogP contribution in [0, 0.1) is 0 Å². The SMILES string of the molecule is CCS(=O)(=O)c1ccc(O)c(NC(=O)CSCc2ccc(Cl)s2)c1. The van der Waals surface area contributed by atoms with Crippen molar-refractivity contribution in [3.63, 3.8) is 0 Å². The Morgan fingerprint density at radius 1 is 1.33 bits per heavy atom. The van der Waals surface area contributed by atoms with Gasteiger partial charge in [-0.3, -0.25) is 4.79 Å². The van der Waals surface area contributed by atoms with E-state index < -0.39 is 9.84 Å². The fourth-order valence-corrected chi connectivity index (χ4v) is 4.77.